The van der Waals surface area contributed by atoms with Crippen molar-refractivity contribution in [1.29, 1.82) is 0 Å². The van der Waals surface area contributed by atoms with E-state index < -0.39 is 10.9 Å². The van der Waals surface area contributed by atoms with E-state index in [1.165, 1.54) is 4.68 Å². The van der Waals surface area contributed by atoms with Gasteiger partial charge in [0.05, 0.1) is 18.0 Å². The highest BCUT2D eigenvalue weighted by molar-refractivity contribution is 9.10. The Morgan fingerprint density at radius 2 is 1.96 bits per heavy atom. The Hall–Kier alpha value is -2.52. The second-order valence-corrected chi connectivity index (χ2v) is 7.73. The van der Waals surface area contributed by atoms with Crippen LogP contribution in [0.2, 0.25) is 0 Å². The lowest BCUT2D eigenvalue weighted by atomic mass is 10.3. The average molecular weight is 451 g/mol. The average Bonchev–Trinajstić information content (AvgIpc) is 3.04. The lowest BCUT2D eigenvalue weighted by molar-refractivity contribution is -0.704. The number of rotatable bonds is 6. The van der Waals surface area contributed by atoms with Gasteiger partial charge in [0.1, 0.15) is 5.75 Å². The molecule has 1 atom stereocenters. The Morgan fingerprint density at radius 3 is 2.63 bits per heavy atom. The van der Waals surface area contributed by atoms with Gasteiger partial charge in [0.15, 0.2) is 0 Å². The summed E-state index contributed by atoms with van der Waals surface area (Å²) in [7, 11) is 1.58. The molecule has 0 fully saturated rings. The zero-order chi connectivity index (χ0) is 19.4. The fourth-order valence-electron chi connectivity index (χ4n) is 2.28. The number of ether oxygens (including phenoxy) is 1. The van der Waals surface area contributed by atoms with E-state index in [4.69, 9.17) is 9.26 Å². The highest BCUT2D eigenvalue weighted by atomic mass is 79.9. The second kappa shape index (κ2) is 8.45. The minimum absolute atomic E-state index is 0.228. The number of para-hydroxylation sites is 1. The number of carbonyl (C=O) groups is 1. The zero-order valence-corrected chi connectivity index (χ0v) is 17.0. The van der Waals surface area contributed by atoms with Crippen LogP contribution in [0.5, 0.6) is 5.75 Å². The van der Waals surface area contributed by atoms with Crippen molar-refractivity contribution in [2.24, 2.45) is 0 Å². The van der Waals surface area contributed by atoms with Gasteiger partial charge in [-0.15, -0.1) is 0 Å². The van der Waals surface area contributed by atoms with Gasteiger partial charge in [0.2, 0.25) is 11.6 Å². The molecule has 1 amide bonds. The summed E-state index contributed by atoms with van der Waals surface area (Å²) in [5.41, 5.74) is 0.804. The molecule has 0 aliphatic carbocycles. The molecular formula is C18H17BrN3O4S+. The fourth-order valence-corrected chi connectivity index (χ4v) is 3.55. The van der Waals surface area contributed by atoms with Gasteiger partial charge in [-0.2, -0.15) is 0 Å². The van der Waals surface area contributed by atoms with Crippen LogP contribution in [0.3, 0.4) is 0 Å². The normalized spacial score (nSPS) is 11.8. The van der Waals surface area contributed by atoms with Crippen molar-refractivity contribution in [3.8, 4) is 11.4 Å². The summed E-state index contributed by atoms with van der Waals surface area (Å²) < 4.78 is 12.3. The van der Waals surface area contributed by atoms with Crippen molar-refractivity contribution in [1.82, 2.24) is 5.27 Å². The molecule has 2 aromatic carbocycles. The molecule has 1 aromatic heterocycles. The molecule has 140 valence electrons. The molecule has 2 N–H and O–H groups in total. The lowest BCUT2D eigenvalue weighted by Gasteiger charge is -2.10. The molecule has 3 rings (SSSR count). The number of aromatic nitrogens is 2. The number of nitrogens with one attached hydrogen (secondary N) is 2. The third kappa shape index (κ3) is 4.42. The van der Waals surface area contributed by atoms with Crippen molar-refractivity contribution < 1.29 is 18.7 Å². The molecule has 27 heavy (non-hydrogen) atoms. The van der Waals surface area contributed by atoms with E-state index in [1.54, 1.807) is 44.4 Å². The van der Waals surface area contributed by atoms with E-state index in [0.29, 0.717) is 17.1 Å². The first kappa shape index (κ1) is 19.2. The summed E-state index contributed by atoms with van der Waals surface area (Å²) in [5, 5.41) is 5.15. The number of methoxy groups -OCH3 is 1. The summed E-state index contributed by atoms with van der Waals surface area (Å²) in [6.45, 7) is 1.72. The zero-order valence-electron chi connectivity index (χ0n) is 14.6. The van der Waals surface area contributed by atoms with Gasteiger partial charge in [0.25, 0.3) is 0 Å². The van der Waals surface area contributed by atoms with Crippen LogP contribution in [0.15, 0.2) is 67.3 Å². The minimum Gasteiger partial charge on any atom is -0.497 e. The minimum atomic E-state index is -0.545. The van der Waals surface area contributed by atoms with Gasteiger partial charge >= 0.3 is 10.7 Å². The maximum absolute atomic E-state index is 12.5. The molecule has 7 nitrogen and oxygen atoms in total. The van der Waals surface area contributed by atoms with Crippen LogP contribution in [-0.2, 0) is 4.79 Å². The molecule has 0 saturated heterocycles. The summed E-state index contributed by atoms with van der Waals surface area (Å²) in [4.78, 5) is 24.6. The van der Waals surface area contributed by atoms with Crippen LogP contribution in [-0.4, -0.2) is 23.5 Å². The van der Waals surface area contributed by atoms with Crippen LogP contribution in [0.1, 0.15) is 6.92 Å². The van der Waals surface area contributed by atoms with Crippen molar-refractivity contribution in [3.05, 3.63) is 63.4 Å². The number of nitrogens with zero attached hydrogens (tertiary/aromatic N) is 1. The topological polar surface area (TPSA) is 88.2 Å². The summed E-state index contributed by atoms with van der Waals surface area (Å²) in [6, 6.07) is 14.4. The standard InChI is InChI=1S/C18H16BrN3O4S/c1-11(16(23)20-15-6-4-3-5-14(15)19)27-17-18(24)26-21-22(17)12-7-9-13(25-2)10-8-12/h3-11H,1-2H3,(H-,20,21,23,24)/p+1. The number of carbonyl (C=O) groups excluding carboxylic acids is 1. The van der Waals surface area contributed by atoms with Crippen LogP contribution in [0, 0.1) is 0 Å². The molecule has 0 spiro atoms. The Morgan fingerprint density at radius 1 is 1.26 bits per heavy atom. The van der Waals surface area contributed by atoms with Crippen LogP contribution >= 0.6 is 27.7 Å². The van der Waals surface area contributed by atoms with E-state index in [-0.39, 0.29) is 10.9 Å². The van der Waals surface area contributed by atoms with E-state index in [0.717, 1.165) is 16.2 Å². The Labute approximate surface area is 167 Å². The van der Waals surface area contributed by atoms with E-state index in [1.807, 2.05) is 18.2 Å². The van der Waals surface area contributed by atoms with E-state index in [2.05, 4.69) is 26.5 Å². The van der Waals surface area contributed by atoms with Gasteiger partial charge < -0.3 is 10.1 Å². The van der Waals surface area contributed by atoms with Crippen molar-refractivity contribution in [2.75, 3.05) is 12.4 Å². The number of hydrogen-bond donors (Lipinski definition) is 2. The molecule has 3 aromatic rings. The molecule has 1 unspecified atom stereocenters. The molecule has 0 radical (unpaired) electrons. The molecular weight excluding hydrogens is 434 g/mol. The van der Waals surface area contributed by atoms with Crippen LogP contribution < -0.4 is 20.4 Å². The third-order valence-corrected chi connectivity index (χ3v) is 5.56. The molecule has 1 heterocycles. The van der Waals surface area contributed by atoms with Crippen molar-refractivity contribution in [2.45, 2.75) is 17.2 Å². The first-order chi connectivity index (χ1) is 13.0. The first-order valence-electron chi connectivity index (χ1n) is 7.99. The van der Waals surface area contributed by atoms with Gasteiger partial charge in [-0.3, -0.25) is 9.32 Å². The van der Waals surface area contributed by atoms with Crippen LogP contribution in [0.25, 0.3) is 5.69 Å². The number of hydrogen-bond acceptors (Lipinski definition) is 5. The lowest BCUT2D eigenvalue weighted by Crippen LogP contribution is -2.37. The molecule has 0 aliphatic rings. The first-order valence-corrected chi connectivity index (χ1v) is 9.67. The van der Waals surface area contributed by atoms with E-state index in [9.17, 15) is 9.59 Å². The highest BCUT2D eigenvalue weighted by Gasteiger charge is 2.29. The highest BCUT2D eigenvalue weighted by Crippen LogP contribution is 2.24. The van der Waals surface area contributed by atoms with Gasteiger partial charge in [-0.25, -0.2) is 4.79 Å². The number of halogens is 1. The fraction of sp³-hybridized carbons (Fsp3) is 0.167. The van der Waals surface area contributed by atoms with Gasteiger partial charge in [-0.1, -0.05) is 12.1 Å². The smallest absolute Gasteiger partial charge is 0.442 e. The third-order valence-electron chi connectivity index (χ3n) is 3.73. The number of benzene rings is 2. The Balaban J connectivity index is 1.79. The molecule has 0 saturated carbocycles. The molecule has 0 bridgehead atoms. The number of thioether (sulfide) groups is 1. The summed E-state index contributed by atoms with van der Waals surface area (Å²) in [5.74, 6) is 0.467. The Bertz CT molecular complexity index is 1000. The largest absolute Gasteiger partial charge is 0.497 e. The predicted octanol–water partition coefficient (Wildman–Crippen LogP) is 3.14. The summed E-state index contributed by atoms with van der Waals surface area (Å²) >= 11 is 4.50. The number of amides is 1. The second-order valence-electron chi connectivity index (χ2n) is 5.55. The Kier molecular flexibility index (Phi) is 6.02. The number of anilines is 1. The monoisotopic (exact) mass is 450 g/mol. The van der Waals surface area contributed by atoms with E-state index >= 15 is 0 Å². The van der Waals surface area contributed by atoms with Gasteiger partial charge in [0, 0.05) is 16.6 Å². The number of aromatic amines is 1. The predicted molar refractivity (Wildman–Crippen MR) is 106 cm³/mol. The van der Waals surface area contributed by atoms with Crippen molar-refractivity contribution in [3.63, 3.8) is 0 Å². The van der Waals surface area contributed by atoms with Gasteiger partial charge in [-0.05, 0) is 68.8 Å². The van der Waals surface area contributed by atoms with Crippen LogP contribution in [0.4, 0.5) is 5.69 Å². The molecule has 0 aliphatic heterocycles. The summed E-state index contributed by atoms with van der Waals surface area (Å²) in [6.07, 6.45) is 0. The number of H-pyrrole nitrogens is 1. The van der Waals surface area contributed by atoms with Crippen molar-refractivity contribution >= 4 is 39.3 Å². The molecule has 9 heteroatoms. The quantitative estimate of drug-likeness (QED) is 0.444. The SMILES string of the molecule is COc1ccc(-[n+]2[nH]oc(=O)c2SC(C)C(=O)Nc2ccccc2Br)cc1. The maximum Gasteiger partial charge on any atom is 0.442 e. The maximum atomic E-state index is 12.5.